The Morgan fingerprint density at radius 2 is 1.23 bits per heavy atom. The number of carbonyl (C=O) groups is 5. The number of amides is 5. The quantitative estimate of drug-likeness (QED) is 0.0430. The summed E-state index contributed by atoms with van der Waals surface area (Å²) >= 11 is 1.23. The van der Waals surface area contributed by atoms with Gasteiger partial charge in [-0.3, -0.25) is 24.1 Å². The Hall–Kier alpha value is -3.56. The van der Waals surface area contributed by atoms with Crippen LogP contribution in [0.1, 0.15) is 53.5 Å². The first-order valence-electron chi connectivity index (χ1n) is 21.6. The zero-order valence-corrected chi connectivity index (χ0v) is 38.9. The van der Waals surface area contributed by atoms with E-state index in [2.05, 4.69) is 35.1 Å². The highest BCUT2D eigenvalue weighted by Gasteiger charge is 2.39. The van der Waals surface area contributed by atoms with Crippen molar-refractivity contribution in [1.82, 2.24) is 26.2 Å². The molecule has 5 amide bonds. The average Bonchev–Trinajstić information content (AvgIpc) is 3.51. The number of urea groups is 1. The van der Waals surface area contributed by atoms with Crippen LogP contribution in [0.4, 0.5) is 4.79 Å². The van der Waals surface area contributed by atoms with Gasteiger partial charge in [0.25, 0.3) is 0 Å². The number of nitrogens with zero attached hydrogens (tertiary/aromatic N) is 1. The number of thioether (sulfide) groups is 1. The molecule has 1 aliphatic rings. The van der Waals surface area contributed by atoms with Gasteiger partial charge in [-0.1, -0.05) is 47.6 Å². The highest BCUT2D eigenvalue weighted by molar-refractivity contribution is 8.01. The topological polar surface area (TPSA) is 211 Å². The largest absolute Gasteiger partial charge is 0.487 e. The first-order chi connectivity index (χ1) is 29.9. The molecule has 1 aromatic carbocycles. The fraction of sp³-hybridized carbons (Fsp3) is 0.744. The molecular formula is C43H75N5O13S. The van der Waals surface area contributed by atoms with E-state index in [0.29, 0.717) is 115 Å². The Labute approximate surface area is 373 Å². The lowest BCUT2D eigenvalue weighted by Gasteiger charge is -2.18. The second-order valence-electron chi connectivity index (χ2n) is 15.1. The van der Waals surface area contributed by atoms with E-state index in [9.17, 15) is 24.0 Å². The number of likely N-dealkylation sites (N-methyl/N-ethyl adjacent to an activating group) is 1. The molecule has 1 unspecified atom stereocenters. The number of ether oxygens (including phenoxy) is 8. The first kappa shape index (κ1) is 56.5. The van der Waals surface area contributed by atoms with E-state index in [4.69, 9.17) is 37.9 Å². The molecule has 1 aromatic rings. The summed E-state index contributed by atoms with van der Waals surface area (Å²) in [6.07, 6.45) is 0.791. The van der Waals surface area contributed by atoms with Crippen LogP contribution >= 0.6 is 11.8 Å². The second kappa shape index (κ2) is 36.9. The van der Waals surface area contributed by atoms with Crippen molar-refractivity contribution < 1.29 is 61.9 Å². The van der Waals surface area contributed by atoms with Crippen LogP contribution in [0.5, 0.6) is 11.5 Å². The molecule has 1 saturated heterocycles. The number of likely N-dealkylation sites (tertiary alicyclic amines) is 1. The molecule has 0 aromatic heterocycles. The zero-order valence-electron chi connectivity index (χ0n) is 38.1. The van der Waals surface area contributed by atoms with Crippen molar-refractivity contribution in [3.8, 4) is 11.5 Å². The van der Waals surface area contributed by atoms with Gasteiger partial charge in [-0.25, -0.2) is 4.79 Å². The number of rotatable bonds is 37. The third-order valence-corrected chi connectivity index (χ3v) is 9.61. The van der Waals surface area contributed by atoms with Crippen molar-refractivity contribution in [3.63, 3.8) is 0 Å². The summed E-state index contributed by atoms with van der Waals surface area (Å²) in [5, 5.41) is 10.5. The maximum atomic E-state index is 13.1. The van der Waals surface area contributed by atoms with Crippen LogP contribution in [0.2, 0.25) is 0 Å². The Morgan fingerprint density at radius 3 is 1.73 bits per heavy atom. The summed E-state index contributed by atoms with van der Waals surface area (Å²) in [4.78, 5) is 60.4. The van der Waals surface area contributed by atoms with Gasteiger partial charge in [0.1, 0.15) is 19.0 Å². The molecule has 19 heteroatoms. The summed E-state index contributed by atoms with van der Waals surface area (Å²) < 4.78 is 45.2. The molecule has 1 atom stereocenters. The maximum absolute atomic E-state index is 13.1. The lowest BCUT2D eigenvalue weighted by Crippen LogP contribution is -2.39. The molecule has 0 radical (unpaired) electrons. The molecule has 1 aliphatic heterocycles. The third kappa shape index (κ3) is 28.9. The van der Waals surface area contributed by atoms with Crippen molar-refractivity contribution in [1.29, 1.82) is 0 Å². The van der Waals surface area contributed by atoms with Gasteiger partial charge in [0.2, 0.25) is 18.2 Å². The van der Waals surface area contributed by atoms with E-state index in [1.54, 1.807) is 18.2 Å². The second-order valence-corrected chi connectivity index (χ2v) is 16.3. The predicted molar refractivity (Wildman–Crippen MR) is 238 cm³/mol. The van der Waals surface area contributed by atoms with Crippen LogP contribution in [-0.4, -0.2) is 172 Å². The van der Waals surface area contributed by atoms with Crippen molar-refractivity contribution >= 4 is 41.8 Å². The van der Waals surface area contributed by atoms with Crippen molar-refractivity contribution in [3.05, 3.63) is 23.8 Å². The molecule has 0 bridgehead atoms. The zero-order chi connectivity index (χ0) is 45.8. The Bertz CT molecular complexity index is 1380. The molecule has 0 spiro atoms. The molecule has 1 fully saturated rings. The lowest BCUT2D eigenvalue weighted by atomic mass is 10.1. The first-order valence-corrected chi connectivity index (χ1v) is 22.6. The van der Waals surface area contributed by atoms with Gasteiger partial charge in [-0.15, -0.1) is 11.8 Å². The predicted octanol–water partition coefficient (Wildman–Crippen LogP) is 2.69. The van der Waals surface area contributed by atoms with Gasteiger partial charge < -0.3 is 59.2 Å². The van der Waals surface area contributed by atoms with Gasteiger partial charge >= 0.3 is 6.03 Å². The van der Waals surface area contributed by atoms with Crippen LogP contribution in [0, 0.1) is 17.8 Å². The van der Waals surface area contributed by atoms with Gasteiger partial charge in [0.05, 0.1) is 96.8 Å². The van der Waals surface area contributed by atoms with E-state index in [0.717, 1.165) is 19.5 Å². The van der Waals surface area contributed by atoms with Gasteiger partial charge in [0.15, 0.2) is 11.5 Å². The smallest absolute Gasteiger partial charge is 0.314 e. The molecule has 18 nitrogen and oxygen atoms in total. The minimum Gasteiger partial charge on any atom is -0.487 e. The SMILES string of the molecule is CC(C)CNC=O.CNCCOCCOCCOCCOc1ccc(CN2C(=O)CC(SCC(=O)C(C)C)C2=O)cc1OCCOCCOCCOCCNC(=O)NCC(C)C. The van der Waals surface area contributed by atoms with Gasteiger partial charge in [0, 0.05) is 38.5 Å². The van der Waals surface area contributed by atoms with Gasteiger partial charge in [-0.05, 0) is 36.6 Å². The minimum absolute atomic E-state index is 0.0490. The fourth-order valence-electron chi connectivity index (χ4n) is 4.92. The normalized spacial score (nSPS) is 13.7. The maximum Gasteiger partial charge on any atom is 0.314 e. The van der Waals surface area contributed by atoms with Crippen LogP contribution in [0.25, 0.3) is 0 Å². The summed E-state index contributed by atoms with van der Waals surface area (Å²) in [6.45, 7) is 20.0. The summed E-state index contributed by atoms with van der Waals surface area (Å²) in [6, 6.07) is 5.08. The molecule has 0 saturated carbocycles. The van der Waals surface area contributed by atoms with Gasteiger partial charge in [-0.2, -0.15) is 0 Å². The Balaban J connectivity index is 0.00000251. The molecule has 62 heavy (non-hydrogen) atoms. The van der Waals surface area contributed by atoms with E-state index in [1.165, 1.54) is 16.7 Å². The van der Waals surface area contributed by atoms with E-state index in [-0.39, 0.29) is 68.1 Å². The number of benzene rings is 1. The van der Waals surface area contributed by atoms with Crippen molar-refractivity contribution in [2.24, 2.45) is 17.8 Å². The number of Topliss-reactive ketones (excluding diaryl/α,β-unsaturated/α-hetero) is 1. The number of nitrogens with one attached hydrogen (secondary N) is 4. The standard InChI is InChI=1S/C38H64N4O12S.C5H11NO/c1-29(2)26-41-38(46)40-9-11-48-13-15-50-17-19-52-21-23-54-34-24-31(27-42-36(44)25-35(37(42)45)55-28-32(43)30(3)4)6-7-33(34)53-22-20-51-18-16-49-14-12-47-10-8-39-5;1-5(2)3-6-4-7/h6-7,24,29-30,35,39H,8-23,25-28H2,1-5H3,(H2,40,41,46);4-5H,3H2,1-2H3,(H,6,7). The third-order valence-electron chi connectivity index (χ3n) is 8.39. The van der Waals surface area contributed by atoms with E-state index >= 15 is 0 Å². The van der Waals surface area contributed by atoms with Crippen molar-refractivity contribution in [2.75, 3.05) is 131 Å². The van der Waals surface area contributed by atoms with E-state index in [1.807, 2.05) is 34.7 Å². The Morgan fingerprint density at radius 1 is 0.710 bits per heavy atom. The Kier molecular flexibility index (Phi) is 33.6. The molecular weight excluding hydrogens is 827 g/mol. The number of imide groups is 1. The molecule has 1 heterocycles. The lowest BCUT2D eigenvalue weighted by molar-refractivity contribution is -0.139. The molecule has 0 aliphatic carbocycles. The molecule has 4 N–H and O–H groups in total. The van der Waals surface area contributed by atoms with Crippen molar-refractivity contribution in [2.45, 2.75) is 59.8 Å². The molecule has 356 valence electrons. The van der Waals surface area contributed by atoms with Crippen LogP contribution in [0.15, 0.2) is 18.2 Å². The highest BCUT2D eigenvalue weighted by atomic mass is 32.2. The summed E-state index contributed by atoms with van der Waals surface area (Å²) in [7, 11) is 1.87. The number of hydrogen-bond donors (Lipinski definition) is 4. The highest BCUT2D eigenvalue weighted by Crippen LogP contribution is 2.31. The minimum atomic E-state index is -0.569. The summed E-state index contributed by atoms with van der Waals surface area (Å²) in [5.74, 6) is 1.43. The number of ketones is 1. The molecule has 2 rings (SSSR count). The van der Waals surface area contributed by atoms with Crippen LogP contribution in [-0.2, 0) is 54.1 Å². The monoisotopic (exact) mass is 902 g/mol. The fourth-order valence-corrected chi connectivity index (χ4v) is 6.15. The van der Waals surface area contributed by atoms with Crippen LogP contribution in [0.3, 0.4) is 0 Å². The van der Waals surface area contributed by atoms with Crippen LogP contribution < -0.4 is 30.7 Å². The van der Waals surface area contributed by atoms with E-state index < -0.39 is 5.25 Å². The number of hydrogen-bond acceptors (Lipinski definition) is 15. The average molecular weight is 902 g/mol. The number of carbonyl (C=O) groups excluding carboxylic acids is 5. The summed E-state index contributed by atoms with van der Waals surface area (Å²) in [5.41, 5.74) is 0.693.